The zero-order valence-electron chi connectivity index (χ0n) is 21.5. The molecule has 0 amide bonds. The van der Waals surface area contributed by atoms with Crippen molar-refractivity contribution >= 4 is 10.1 Å². The molecule has 0 saturated heterocycles. The number of aryl methyl sites for hydroxylation is 2. The van der Waals surface area contributed by atoms with Gasteiger partial charge in [-0.25, -0.2) is 0 Å². The van der Waals surface area contributed by atoms with Crippen molar-refractivity contribution in [1.82, 2.24) is 0 Å². The summed E-state index contributed by atoms with van der Waals surface area (Å²) >= 11 is 0. The van der Waals surface area contributed by atoms with Crippen LogP contribution in [0.25, 0.3) is 0 Å². The lowest BCUT2D eigenvalue weighted by Gasteiger charge is -2.17. The molecule has 0 saturated carbocycles. The van der Waals surface area contributed by atoms with Crippen molar-refractivity contribution in [3.63, 3.8) is 0 Å². The van der Waals surface area contributed by atoms with Crippen molar-refractivity contribution in [2.75, 3.05) is 7.11 Å². The van der Waals surface area contributed by atoms with E-state index in [1.54, 1.807) is 6.07 Å². The zero-order chi connectivity index (χ0) is 24.3. The fraction of sp³-hybridized carbons (Fsp3) is 0.586. The lowest BCUT2D eigenvalue weighted by atomic mass is 9.91. The Morgan fingerprint density at radius 1 is 0.758 bits per heavy atom. The maximum Gasteiger partial charge on any atom is 0.296 e. The van der Waals surface area contributed by atoms with Gasteiger partial charge in [-0.05, 0) is 68.4 Å². The van der Waals surface area contributed by atoms with Gasteiger partial charge in [0.15, 0.2) is 0 Å². The van der Waals surface area contributed by atoms with Crippen LogP contribution in [-0.4, -0.2) is 15.5 Å². The van der Waals surface area contributed by atoms with Crippen LogP contribution < -0.4 is 0 Å². The Kier molecular flexibility index (Phi) is 11.6. The summed E-state index contributed by atoms with van der Waals surface area (Å²) in [4.78, 5) is 0.302. The lowest BCUT2D eigenvalue weighted by molar-refractivity contribution is 0.397. The predicted octanol–water partition coefficient (Wildman–Crippen LogP) is 8.00. The molecule has 0 aliphatic heterocycles. The van der Waals surface area contributed by atoms with Crippen LogP contribution in [0.1, 0.15) is 105 Å². The fourth-order valence-electron chi connectivity index (χ4n) is 4.85. The van der Waals surface area contributed by atoms with E-state index in [1.807, 2.05) is 13.0 Å². The molecule has 0 spiro atoms. The summed E-state index contributed by atoms with van der Waals surface area (Å²) in [5, 5.41) is 0. The van der Waals surface area contributed by atoms with E-state index in [2.05, 4.69) is 39.0 Å². The number of rotatable bonds is 15. The van der Waals surface area contributed by atoms with Crippen molar-refractivity contribution in [2.45, 2.75) is 110 Å². The third-order valence-corrected chi connectivity index (χ3v) is 8.01. The number of unbranched alkanes of at least 4 members (excludes halogenated alkanes) is 9. The quantitative estimate of drug-likeness (QED) is 0.195. The Labute approximate surface area is 203 Å². The Hall–Kier alpha value is -1.65. The van der Waals surface area contributed by atoms with Gasteiger partial charge in [-0.1, -0.05) is 100 Å². The molecule has 33 heavy (non-hydrogen) atoms. The maximum absolute atomic E-state index is 12.5. The van der Waals surface area contributed by atoms with E-state index in [1.165, 1.54) is 92.7 Å². The lowest BCUT2D eigenvalue weighted by Crippen LogP contribution is -2.09. The van der Waals surface area contributed by atoms with Crippen LogP contribution in [0.15, 0.2) is 35.2 Å². The van der Waals surface area contributed by atoms with Gasteiger partial charge in [0.25, 0.3) is 10.1 Å². The minimum Gasteiger partial charge on any atom is -0.270 e. The highest BCUT2D eigenvalue weighted by Crippen LogP contribution is 2.28. The number of hydrogen-bond acceptors (Lipinski definition) is 3. The highest BCUT2D eigenvalue weighted by atomic mass is 32.2. The van der Waals surface area contributed by atoms with E-state index in [4.69, 9.17) is 4.18 Å². The van der Waals surface area contributed by atoms with Gasteiger partial charge in [-0.2, -0.15) is 8.42 Å². The van der Waals surface area contributed by atoms with Crippen molar-refractivity contribution in [3.05, 3.63) is 63.7 Å². The fourth-order valence-corrected chi connectivity index (χ4v) is 5.76. The van der Waals surface area contributed by atoms with Crippen LogP contribution in [-0.2, 0) is 27.1 Å². The van der Waals surface area contributed by atoms with Gasteiger partial charge in [-0.15, -0.1) is 0 Å². The predicted molar refractivity (Wildman–Crippen MR) is 140 cm³/mol. The Morgan fingerprint density at radius 3 is 1.85 bits per heavy atom. The molecule has 0 aliphatic rings. The van der Waals surface area contributed by atoms with Crippen molar-refractivity contribution in [1.29, 1.82) is 0 Å². The second-order valence-corrected chi connectivity index (χ2v) is 11.2. The van der Waals surface area contributed by atoms with Crippen LogP contribution in [0.5, 0.6) is 0 Å². The summed E-state index contributed by atoms with van der Waals surface area (Å²) in [6, 6.07) is 10.4. The highest BCUT2D eigenvalue weighted by Gasteiger charge is 2.20. The van der Waals surface area contributed by atoms with Crippen LogP contribution in [0.4, 0.5) is 0 Å². The van der Waals surface area contributed by atoms with Gasteiger partial charge >= 0.3 is 0 Å². The van der Waals surface area contributed by atoms with E-state index in [0.29, 0.717) is 4.90 Å². The zero-order valence-corrected chi connectivity index (χ0v) is 22.3. The SMILES string of the molecule is CCCCCCCCCCCCc1c(Cc2cc(C)cc(C)c2)ccc(S(=O)(=O)OC)c1C. The topological polar surface area (TPSA) is 43.4 Å². The molecule has 0 unspecified atom stereocenters. The third-order valence-electron chi connectivity index (χ3n) is 6.59. The van der Waals surface area contributed by atoms with Crippen molar-refractivity contribution in [3.8, 4) is 0 Å². The Balaban J connectivity index is 2.07. The molecular weight excluding hydrogens is 428 g/mol. The summed E-state index contributed by atoms with van der Waals surface area (Å²) < 4.78 is 29.7. The summed E-state index contributed by atoms with van der Waals surface area (Å²) in [7, 11) is -2.47. The van der Waals surface area contributed by atoms with E-state index >= 15 is 0 Å². The van der Waals surface area contributed by atoms with E-state index in [-0.39, 0.29) is 0 Å². The smallest absolute Gasteiger partial charge is 0.270 e. The second kappa shape index (κ2) is 13.9. The first-order valence-corrected chi connectivity index (χ1v) is 14.2. The van der Waals surface area contributed by atoms with Gasteiger partial charge in [0.1, 0.15) is 0 Å². The van der Waals surface area contributed by atoms with Gasteiger partial charge in [0.05, 0.1) is 12.0 Å². The molecule has 2 aromatic rings. The molecule has 0 atom stereocenters. The molecule has 0 heterocycles. The van der Waals surface area contributed by atoms with Crippen LogP contribution in [0, 0.1) is 20.8 Å². The molecule has 0 aliphatic carbocycles. The molecule has 0 fully saturated rings. The second-order valence-electron chi connectivity index (χ2n) is 9.55. The van der Waals surface area contributed by atoms with Crippen LogP contribution >= 0.6 is 0 Å². The molecule has 184 valence electrons. The molecule has 2 rings (SSSR count). The summed E-state index contributed by atoms with van der Waals surface area (Å²) in [6.07, 6.45) is 14.7. The standard InChI is InChI=1S/C29H44O3S/c1-6-7-8-9-10-11-12-13-14-15-16-28-25(4)29(33(30,31)32-5)18-17-27(28)22-26-20-23(2)19-24(3)21-26/h17-21H,6-16,22H2,1-5H3. The monoisotopic (exact) mass is 472 g/mol. The third kappa shape index (κ3) is 8.90. The van der Waals surface area contributed by atoms with Crippen molar-refractivity contribution in [2.24, 2.45) is 0 Å². The van der Waals surface area contributed by atoms with E-state index in [0.717, 1.165) is 24.8 Å². The maximum atomic E-state index is 12.5. The first kappa shape index (κ1) is 27.6. The first-order valence-electron chi connectivity index (χ1n) is 12.8. The molecule has 4 heteroatoms. The minimum atomic E-state index is -3.71. The van der Waals surface area contributed by atoms with E-state index in [9.17, 15) is 8.42 Å². The summed E-state index contributed by atoms with van der Waals surface area (Å²) in [5.41, 5.74) is 7.04. The van der Waals surface area contributed by atoms with Crippen LogP contribution in [0.3, 0.4) is 0 Å². The highest BCUT2D eigenvalue weighted by molar-refractivity contribution is 7.86. The van der Waals surface area contributed by atoms with Crippen molar-refractivity contribution < 1.29 is 12.6 Å². The number of hydrogen-bond donors (Lipinski definition) is 0. The normalized spacial score (nSPS) is 11.8. The largest absolute Gasteiger partial charge is 0.296 e. The molecule has 3 nitrogen and oxygen atoms in total. The molecule has 0 aromatic heterocycles. The van der Waals surface area contributed by atoms with E-state index < -0.39 is 10.1 Å². The molecule has 2 aromatic carbocycles. The Morgan fingerprint density at radius 2 is 1.30 bits per heavy atom. The summed E-state index contributed by atoms with van der Waals surface area (Å²) in [6.45, 7) is 8.44. The van der Waals surface area contributed by atoms with Gasteiger partial charge in [0.2, 0.25) is 0 Å². The Bertz CT molecular complexity index is 956. The molecule has 0 N–H and O–H groups in total. The number of benzene rings is 2. The average molecular weight is 473 g/mol. The van der Waals surface area contributed by atoms with Crippen LogP contribution in [0.2, 0.25) is 0 Å². The summed E-state index contributed by atoms with van der Waals surface area (Å²) in [5.74, 6) is 0. The molecular formula is C29H44O3S. The van der Waals surface area contributed by atoms with Gasteiger partial charge < -0.3 is 0 Å². The van der Waals surface area contributed by atoms with Gasteiger partial charge in [0, 0.05) is 0 Å². The van der Waals surface area contributed by atoms with Gasteiger partial charge in [-0.3, -0.25) is 4.18 Å². The molecule has 0 bridgehead atoms. The average Bonchev–Trinajstić information content (AvgIpc) is 2.76. The molecule has 0 radical (unpaired) electrons. The minimum absolute atomic E-state index is 0.302. The first-order chi connectivity index (χ1) is 15.8.